The molecule has 140 valence electrons. The van der Waals surface area contributed by atoms with Crippen molar-refractivity contribution in [1.82, 2.24) is 0 Å². The van der Waals surface area contributed by atoms with Crippen molar-refractivity contribution in [3.05, 3.63) is 74.8 Å². The molecule has 1 aliphatic heterocycles. The predicted molar refractivity (Wildman–Crippen MR) is 103 cm³/mol. The molecule has 6 nitrogen and oxygen atoms in total. The average Bonchev–Trinajstić information content (AvgIpc) is 3.05. The Hall–Kier alpha value is -2.73. The Bertz CT molecular complexity index is 899. The highest BCUT2D eigenvalue weighted by Crippen LogP contribution is 2.37. The van der Waals surface area contributed by atoms with Gasteiger partial charge in [-0.2, -0.15) is 0 Å². The molecule has 2 aromatic rings. The molecule has 1 heterocycles. The van der Waals surface area contributed by atoms with Crippen LogP contribution in [-0.4, -0.2) is 22.5 Å². The molecule has 0 saturated carbocycles. The number of rotatable bonds is 4. The van der Waals surface area contributed by atoms with Crippen LogP contribution in [0.1, 0.15) is 37.8 Å². The molecule has 3 rings (SSSR count). The van der Waals surface area contributed by atoms with Crippen molar-refractivity contribution >= 4 is 28.8 Å². The highest BCUT2D eigenvalue weighted by atomic mass is 35.5. The molecule has 2 unspecified atom stereocenters. The molecule has 2 atom stereocenters. The Balaban J connectivity index is 2.04. The summed E-state index contributed by atoms with van der Waals surface area (Å²) in [6.45, 7) is 5.48. The quantitative estimate of drug-likeness (QED) is 0.560. The summed E-state index contributed by atoms with van der Waals surface area (Å²) in [6, 6.07) is 13.2. The van der Waals surface area contributed by atoms with Crippen molar-refractivity contribution in [2.45, 2.75) is 32.8 Å². The topological polar surface area (TPSA) is 81.8 Å². The first-order valence-electron chi connectivity index (χ1n) is 8.47. The molecule has 2 aromatic carbocycles. The number of benzene rings is 2. The maximum Gasteiger partial charge on any atom is 0.269 e. The molecule has 27 heavy (non-hydrogen) atoms. The molecule has 7 heteroatoms. The fraction of sp³-hybridized carbons (Fsp3) is 0.300. The van der Waals surface area contributed by atoms with Crippen molar-refractivity contribution in [3.8, 4) is 0 Å². The van der Waals surface area contributed by atoms with Crippen molar-refractivity contribution in [2.24, 2.45) is 10.6 Å². The van der Waals surface area contributed by atoms with Gasteiger partial charge in [-0.1, -0.05) is 61.8 Å². The number of oxime groups is 1. The summed E-state index contributed by atoms with van der Waals surface area (Å²) in [4.78, 5) is 29.0. The number of Topliss-reactive ketones (excluding diaryl/α,β-unsaturated/α-hetero) is 1. The first-order chi connectivity index (χ1) is 12.7. The zero-order valence-corrected chi connectivity index (χ0v) is 15.9. The molecular formula is C20H19ClN2O4. The molecule has 0 aromatic heterocycles. The Morgan fingerprint density at radius 1 is 1.11 bits per heavy atom. The van der Waals surface area contributed by atoms with Gasteiger partial charge >= 0.3 is 0 Å². The predicted octanol–water partition coefficient (Wildman–Crippen LogP) is 4.75. The van der Waals surface area contributed by atoms with Gasteiger partial charge in [0, 0.05) is 28.1 Å². The van der Waals surface area contributed by atoms with Crippen LogP contribution < -0.4 is 0 Å². The molecule has 1 aliphatic rings. The Labute approximate surface area is 161 Å². The molecule has 0 fully saturated rings. The van der Waals surface area contributed by atoms with E-state index in [1.807, 2.05) is 32.9 Å². The van der Waals surface area contributed by atoms with E-state index < -0.39 is 22.4 Å². The first-order valence-corrected chi connectivity index (χ1v) is 8.84. The van der Waals surface area contributed by atoms with Crippen molar-refractivity contribution in [1.29, 1.82) is 0 Å². The number of ketones is 1. The van der Waals surface area contributed by atoms with Gasteiger partial charge in [-0.05, 0) is 17.7 Å². The monoisotopic (exact) mass is 386 g/mol. The van der Waals surface area contributed by atoms with E-state index in [2.05, 4.69) is 5.16 Å². The van der Waals surface area contributed by atoms with Gasteiger partial charge < -0.3 is 4.84 Å². The fourth-order valence-electron chi connectivity index (χ4n) is 2.99. The number of hydrogen-bond donors (Lipinski definition) is 0. The van der Waals surface area contributed by atoms with Crippen LogP contribution in [-0.2, 0) is 9.63 Å². The molecule has 0 N–H and O–H groups in total. The van der Waals surface area contributed by atoms with E-state index >= 15 is 0 Å². The van der Waals surface area contributed by atoms with Crippen LogP contribution in [0.15, 0.2) is 53.7 Å². The lowest BCUT2D eigenvalue weighted by molar-refractivity contribution is -0.384. The fourth-order valence-corrected chi connectivity index (χ4v) is 3.12. The van der Waals surface area contributed by atoms with E-state index in [4.69, 9.17) is 16.4 Å². The summed E-state index contributed by atoms with van der Waals surface area (Å²) in [5, 5.41) is 15.7. The maximum absolute atomic E-state index is 12.9. The van der Waals surface area contributed by atoms with Crippen LogP contribution in [0.3, 0.4) is 0 Å². The van der Waals surface area contributed by atoms with E-state index in [9.17, 15) is 14.9 Å². The highest BCUT2D eigenvalue weighted by molar-refractivity contribution is 6.30. The largest absolute Gasteiger partial charge is 0.383 e. The van der Waals surface area contributed by atoms with Crippen molar-refractivity contribution in [3.63, 3.8) is 0 Å². The normalized spacial score (nSPS) is 19.3. The Kier molecular flexibility index (Phi) is 5.02. The Morgan fingerprint density at radius 3 is 2.22 bits per heavy atom. The van der Waals surface area contributed by atoms with Gasteiger partial charge in [-0.15, -0.1) is 0 Å². The number of non-ortho nitro benzene ring substituents is 1. The van der Waals surface area contributed by atoms with Gasteiger partial charge in [0.05, 0.1) is 16.6 Å². The van der Waals surface area contributed by atoms with E-state index in [0.29, 0.717) is 10.7 Å². The van der Waals surface area contributed by atoms with Crippen LogP contribution in [0.25, 0.3) is 0 Å². The highest BCUT2D eigenvalue weighted by Gasteiger charge is 2.44. The molecular weight excluding hydrogens is 368 g/mol. The number of carbonyl (C=O) groups is 1. The average molecular weight is 387 g/mol. The maximum atomic E-state index is 12.9. The van der Waals surface area contributed by atoms with Gasteiger partial charge in [0.25, 0.3) is 5.69 Å². The van der Waals surface area contributed by atoms with Crippen LogP contribution >= 0.6 is 11.6 Å². The lowest BCUT2D eigenvalue weighted by atomic mass is 9.78. The van der Waals surface area contributed by atoms with Gasteiger partial charge in [-0.3, -0.25) is 14.9 Å². The minimum Gasteiger partial charge on any atom is -0.383 e. The number of carbonyl (C=O) groups excluding carboxylic acids is 1. The van der Waals surface area contributed by atoms with E-state index in [0.717, 1.165) is 11.1 Å². The molecule has 0 aliphatic carbocycles. The summed E-state index contributed by atoms with van der Waals surface area (Å²) in [5.74, 6) is -0.544. The summed E-state index contributed by atoms with van der Waals surface area (Å²) >= 11 is 5.97. The molecule has 0 bridgehead atoms. The van der Waals surface area contributed by atoms with Crippen molar-refractivity contribution < 1.29 is 14.6 Å². The molecule has 0 radical (unpaired) electrons. The minimum atomic E-state index is -0.794. The SMILES string of the molecule is CC(C)(C)C(=O)C1ON=C(c2ccc(Cl)cc2)C1c1ccc([N+](=O)[O-])cc1. The van der Waals surface area contributed by atoms with Crippen LogP contribution in [0.2, 0.25) is 5.02 Å². The molecule has 0 saturated heterocycles. The smallest absolute Gasteiger partial charge is 0.269 e. The summed E-state index contributed by atoms with van der Waals surface area (Å²) < 4.78 is 0. The van der Waals surface area contributed by atoms with Crippen LogP contribution in [0.4, 0.5) is 5.69 Å². The van der Waals surface area contributed by atoms with Crippen LogP contribution in [0.5, 0.6) is 0 Å². The van der Waals surface area contributed by atoms with Gasteiger partial charge in [-0.25, -0.2) is 0 Å². The van der Waals surface area contributed by atoms with Gasteiger partial charge in [0.1, 0.15) is 0 Å². The summed E-state index contributed by atoms with van der Waals surface area (Å²) in [7, 11) is 0. The second-order valence-electron chi connectivity index (χ2n) is 7.45. The number of nitro groups is 1. The minimum absolute atomic E-state index is 0.0126. The number of nitro benzene ring substituents is 1. The number of hydrogen-bond acceptors (Lipinski definition) is 5. The first kappa shape index (κ1) is 19.0. The molecule has 0 spiro atoms. The van der Waals surface area contributed by atoms with E-state index in [1.54, 1.807) is 24.3 Å². The lowest BCUT2D eigenvalue weighted by Gasteiger charge is -2.25. The second-order valence-corrected chi connectivity index (χ2v) is 7.89. The third kappa shape index (κ3) is 3.85. The van der Waals surface area contributed by atoms with Crippen molar-refractivity contribution in [2.75, 3.05) is 0 Å². The number of nitrogens with zero attached hydrogens (tertiary/aromatic N) is 2. The third-order valence-electron chi connectivity index (χ3n) is 4.46. The standard InChI is InChI=1S/C20H19ClN2O4/c1-20(2,3)19(24)18-16(12-6-10-15(11-7-12)23(25)26)17(22-27-18)13-4-8-14(21)9-5-13/h4-11,16,18H,1-3H3. The van der Waals surface area contributed by atoms with Gasteiger partial charge in [0.2, 0.25) is 0 Å². The summed E-state index contributed by atoms with van der Waals surface area (Å²) in [5.41, 5.74) is 1.49. The van der Waals surface area contributed by atoms with E-state index in [-0.39, 0.29) is 11.5 Å². The third-order valence-corrected chi connectivity index (χ3v) is 4.71. The summed E-state index contributed by atoms with van der Waals surface area (Å²) in [6.07, 6.45) is -0.794. The zero-order chi connectivity index (χ0) is 19.8. The van der Waals surface area contributed by atoms with Crippen LogP contribution in [0, 0.1) is 15.5 Å². The Morgan fingerprint density at radius 2 is 1.70 bits per heavy atom. The molecule has 0 amide bonds. The second kappa shape index (κ2) is 7.12. The lowest BCUT2D eigenvalue weighted by Crippen LogP contribution is -2.37. The van der Waals surface area contributed by atoms with E-state index in [1.165, 1.54) is 12.1 Å². The zero-order valence-electron chi connectivity index (χ0n) is 15.2. The van der Waals surface area contributed by atoms with Gasteiger partial charge in [0.15, 0.2) is 11.9 Å². The number of halogens is 1.